The molecule has 2 amide bonds. The molecule has 1 aliphatic carbocycles. The zero-order chi connectivity index (χ0) is 20.7. The molecule has 4 heterocycles. The van der Waals surface area contributed by atoms with Crippen molar-refractivity contribution in [1.29, 1.82) is 0 Å². The van der Waals surface area contributed by atoms with E-state index >= 15 is 0 Å². The summed E-state index contributed by atoms with van der Waals surface area (Å²) in [5, 5.41) is 11.8. The number of hydrogen-bond acceptors (Lipinski definition) is 5. The molecule has 2 aromatic heterocycles. The molecule has 1 saturated carbocycles. The van der Waals surface area contributed by atoms with Crippen molar-refractivity contribution >= 4 is 23.4 Å². The highest BCUT2D eigenvalue weighted by Gasteiger charge is 2.42. The third-order valence-corrected chi connectivity index (χ3v) is 6.89. The maximum Gasteiger partial charge on any atom is 0.289 e. The van der Waals surface area contributed by atoms with Crippen LogP contribution in [0.25, 0.3) is 0 Å². The van der Waals surface area contributed by atoms with Crippen molar-refractivity contribution in [3.8, 4) is 0 Å². The van der Waals surface area contributed by atoms with Gasteiger partial charge < -0.3 is 14.8 Å². The second kappa shape index (κ2) is 7.65. The third kappa shape index (κ3) is 3.80. The first-order valence-corrected chi connectivity index (χ1v) is 11.0. The van der Waals surface area contributed by atoms with Crippen LogP contribution in [-0.4, -0.2) is 56.1 Å². The molecule has 0 bridgehead atoms. The maximum atomic E-state index is 12.9. The number of halogens is 1. The van der Waals surface area contributed by atoms with Crippen LogP contribution in [0.4, 0.5) is 0 Å². The number of fused-ring (bicyclic) bond motifs is 1. The zero-order valence-electron chi connectivity index (χ0n) is 16.8. The summed E-state index contributed by atoms with van der Waals surface area (Å²) in [6.45, 7) is 2.83. The smallest absolute Gasteiger partial charge is 0.289 e. The van der Waals surface area contributed by atoms with Gasteiger partial charge in [-0.15, -0.1) is 10.2 Å². The van der Waals surface area contributed by atoms with Crippen LogP contribution < -0.4 is 5.32 Å². The molecule has 2 fully saturated rings. The van der Waals surface area contributed by atoms with Gasteiger partial charge in [0.25, 0.3) is 11.8 Å². The number of nitrogens with zero attached hydrogens (tertiary/aromatic N) is 5. The van der Waals surface area contributed by atoms with Crippen LogP contribution in [0.15, 0.2) is 18.2 Å². The normalized spacial score (nSPS) is 23.3. The Kier molecular flexibility index (Phi) is 4.97. The molecule has 3 aliphatic rings. The predicted molar refractivity (Wildman–Crippen MR) is 110 cm³/mol. The Hall–Kier alpha value is -2.48. The number of aromatic nitrogens is 4. The summed E-state index contributed by atoms with van der Waals surface area (Å²) in [4.78, 5) is 31.5. The van der Waals surface area contributed by atoms with Gasteiger partial charge in [-0.3, -0.25) is 9.59 Å². The Morgan fingerprint density at radius 3 is 2.80 bits per heavy atom. The Balaban J connectivity index is 1.26. The third-order valence-electron chi connectivity index (χ3n) is 6.68. The van der Waals surface area contributed by atoms with E-state index in [0.717, 1.165) is 38.1 Å². The molecular formula is C21H25ClN6O2. The monoisotopic (exact) mass is 428 g/mol. The summed E-state index contributed by atoms with van der Waals surface area (Å²) in [5.41, 5.74) is 0.427. The lowest BCUT2D eigenvalue weighted by atomic mass is 9.80. The number of pyridine rings is 1. The number of rotatable bonds is 4. The minimum absolute atomic E-state index is 0.0384. The minimum Gasteiger partial charge on any atom is -0.349 e. The van der Waals surface area contributed by atoms with Crippen molar-refractivity contribution < 1.29 is 9.59 Å². The quantitative estimate of drug-likeness (QED) is 0.754. The predicted octanol–water partition coefficient (Wildman–Crippen LogP) is 2.34. The molecule has 9 heteroatoms. The number of amides is 2. The Morgan fingerprint density at radius 2 is 2.00 bits per heavy atom. The first-order valence-electron chi connectivity index (χ1n) is 10.7. The summed E-state index contributed by atoms with van der Waals surface area (Å²) in [5.74, 6) is 1.70. The SMILES string of the molecule is O=C(NCC1CC1)c1nnc2n1CCC1(CC2)CCN(C(=O)c2cccc(Cl)n2)C1. The highest BCUT2D eigenvalue weighted by Crippen LogP contribution is 2.41. The molecule has 1 spiro atoms. The maximum absolute atomic E-state index is 12.9. The minimum atomic E-state index is -0.133. The fourth-order valence-electron chi connectivity index (χ4n) is 4.62. The van der Waals surface area contributed by atoms with Crippen molar-refractivity contribution in [2.45, 2.75) is 45.1 Å². The van der Waals surface area contributed by atoms with Crippen LogP contribution in [0.3, 0.4) is 0 Å². The topological polar surface area (TPSA) is 93.0 Å². The van der Waals surface area contributed by atoms with E-state index in [-0.39, 0.29) is 17.2 Å². The lowest BCUT2D eigenvalue weighted by molar-refractivity contribution is 0.0761. The highest BCUT2D eigenvalue weighted by molar-refractivity contribution is 6.29. The Morgan fingerprint density at radius 1 is 1.17 bits per heavy atom. The summed E-state index contributed by atoms with van der Waals surface area (Å²) in [6, 6.07) is 5.13. The molecule has 2 aromatic rings. The molecule has 158 valence electrons. The van der Waals surface area contributed by atoms with Gasteiger partial charge in [0.1, 0.15) is 16.7 Å². The molecule has 2 aliphatic heterocycles. The molecule has 1 N–H and O–H groups in total. The lowest BCUT2D eigenvalue weighted by Gasteiger charge is -2.27. The first-order chi connectivity index (χ1) is 14.5. The van der Waals surface area contributed by atoms with Crippen LogP contribution >= 0.6 is 11.6 Å². The fraction of sp³-hybridized carbons (Fsp3) is 0.571. The van der Waals surface area contributed by atoms with E-state index < -0.39 is 0 Å². The summed E-state index contributed by atoms with van der Waals surface area (Å²) >= 11 is 5.95. The van der Waals surface area contributed by atoms with Crippen molar-refractivity contribution in [3.63, 3.8) is 0 Å². The number of nitrogens with one attached hydrogen (secondary N) is 1. The number of carbonyl (C=O) groups is 2. The van der Waals surface area contributed by atoms with Gasteiger partial charge in [-0.1, -0.05) is 17.7 Å². The van der Waals surface area contributed by atoms with Gasteiger partial charge in [-0.05, 0) is 55.6 Å². The lowest BCUT2D eigenvalue weighted by Crippen LogP contribution is -2.33. The zero-order valence-corrected chi connectivity index (χ0v) is 17.6. The van der Waals surface area contributed by atoms with Gasteiger partial charge in [0.05, 0.1) is 0 Å². The average Bonchev–Trinajstić information content (AvgIpc) is 3.39. The van der Waals surface area contributed by atoms with Crippen molar-refractivity contribution in [1.82, 2.24) is 30.0 Å². The molecule has 1 unspecified atom stereocenters. The number of hydrogen-bond donors (Lipinski definition) is 1. The second-order valence-electron chi connectivity index (χ2n) is 8.82. The van der Waals surface area contributed by atoms with E-state index in [4.69, 9.17) is 11.6 Å². The number of carbonyl (C=O) groups excluding carboxylic acids is 2. The van der Waals surface area contributed by atoms with Crippen molar-refractivity contribution in [3.05, 3.63) is 40.7 Å². The first kappa shape index (κ1) is 19.5. The van der Waals surface area contributed by atoms with Gasteiger partial charge in [0, 0.05) is 32.6 Å². The van der Waals surface area contributed by atoms with Crippen LogP contribution in [0, 0.1) is 11.3 Å². The molecule has 30 heavy (non-hydrogen) atoms. The van der Waals surface area contributed by atoms with E-state index in [9.17, 15) is 9.59 Å². The van der Waals surface area contributed by atoms with E-state index in [1.54, 1.807) is 18.2 Å². The fourth-order valence-corrected chi connectivity index (χ4v) is 4.78. The summed E-state index contributed by atoms with van der Waals surface area (Å²) in [7, 11) is 0. The van der Waals surface area contributed by atoms with E-state index in [2.05, 4.69) is 20.5 Å². The van der Waals surface area contributed by atoms with Crippen molar-refractivity contribution in [2.24, 2.45) is 11.3 Å². The molecule has 1 atom stereocenters. The van der Waals surface area contributed by atoms with Gasteiger partial charge in [-0.2, -0.15) is 0 Å². The Labute approximate surface area is 180 Å². The highest BCUT2D eigenvalue weighted by atomic mass is 35.5. The largest absolute Gasteiger partial charge is 0.349 e. The molecule has 0 aromatic carbocycles. The molecule has 5 rings (SSSR count). The molecular weight excluding hydrogens is 404 g/mol. The molecule has 1 saturated heterocycles. The van der Waals surface area contributed by atoms with Crippen LogP contribution in [0.2, 0.25) is 5.15 Å². The van der Waals surface area contributed by atoms with Gasteiger partial charge in [0.15, 0.2) is 0 Å². The van der Waals surface area contributed by atoms with Crippen LogP contribution in [-0.2, 0) is 13.0 Å². The Bertz CT molecular complexity index is 988. The van der Waals surface area contributed by atoms with E-state index in [0.29, 0.717) is 42.2 Å². The van der Waals surface area contributed by atoms with Crippen LogP contribution in [0.5, 0.6) is 0 Å². The van der Waals surface area contributed by atoms with Crippen LogP contribution in [0.1, 0.15) is 59.0 Å². The molecule has 8 nitrogen and oxygen atoms in total. The molecule has 0 radical (unpaired) electrons. The summed E-state index contributed by atoms with van der Waals surface area (Å²) < 4.78 is 1.97. The van der Waals surface area contributed by atoms with Gasteiger partial charge in [-0.25, -0.2) is 4.98 Å². The standard InChI is InChI=1S/C21H25ClN6O2/c22-16-3-1-2-15(24-16)20(30)27-10-8-21(13-27)7-6-17-25-26-18(28(17)11-9-21)19(29)23-12-14-4-5-14/h1-3,14H,4-13H2,(H,23,29). The number of likely N-dealkylation sites (tertiary alicyclic amines) is 1. The average molecular weight is 429 g/mol. The van der Waals surface area contributed by atoms with Gasteiger partial charge in [0.2, 0.25) is 5.82 Å². The van der Waals surface area contributed by atoms with E-state index in [1.165, 1.54) is 12.8 Å². The second-order valence-corrected chi connectivity index (χ2v) is 9.20. The van der Waals surface area contributed by atoms with E-state index in [1.807, 2.05) is 9.47 Å². The summed E-state index contributed by atoms with van der Waals surface area (Å²) in [6.07, 6.45) is 5.93. The van der Waals surface area contributed by atoms with Gasteiger partial charge >= 0.3 is 0 Å². The number of aryl methyl sites for hydroxylation is 1. The van der Waals surface area contributed by atoms with Crippen molar-refractivity contribution in [2.75, 3.05) is 19.6 Å².